The lowest BCUT2D eigenvalue weighted by Crippen LogP contribution is -2.50. The highest BCUT2D eigenvalue weighted by atomic mass is 35.5. The van der Waals surface area contributed by atoms with Gasteiger partial charge in [0.05, 0.1) is 0 Å². The lowest BCUT2D eigenvalue weighted by molar-refractivity contribution is 0.0882. The number of anilines is 5. The van der Waals surface area contributed by atoms with Gasteiger partial charge in [-0.3, -0.25) is 52.8 Å². The molecule has 0 amide bonds. The first kappa shape index (κ1) is 94.8. The van der Waals surface area contributed by atoms with Crippen molar-refractivity contribution in [3.63, 3.8) is 0 Å². The highest BCUT2D eigenvalue weighted by molar-refractivity contribution is 6.34. The lowest BCUT2D eigenvalue weighted by atomic mass is 9.89. The van der Waals surface area contributed by atoms with Gasteiger partial charge in [0.25, 0.3) is 0 Å². The van der Waals surface area contributed by atoms with E-state index in [0.29, 0.717) is 201 Å². The van der Waals surface area contributed by atoms with Crippen molar-refractivity contribution in [2.75, 3.05) is 145 Å². The summed E-state index contributed by atoms with van der Waals surface area (Å²) in [5.41, 5.74) is 13.4. The maximum atomic E-state index is 13.4. The number of hydrogen-bond donors (Lipinski definition) is 5. The van der Waals surface area contributed by atoms with Gasteiger partial charge in [0.2, 0.25) is 57.8 Å². The molecule has 0 aromatic heterocycles. The first-order valence-electron chi connectivity index (χ1n) is 45.9. The highest BCUT2D eigenvalue weighted by Crippen LogP contribution is 2.39. The molecule has 23 nitrogen and oxygen atoms in total. The number of fused-ring (bicyclic) bond motifs is 5. The van der Waals surface area contributed by atoms with Gasteiger partial charge < -0.3 is 60.9 Å². The first-order valence-corrected chi connectivity index (χ1v) is 47.4. The van der Waals surface area contributed by atoms with Crippen molar-refractivity contribution in [3.05, 3.63) is 381 Å². The van der Waals surface area contributed by atoms with Crippen LogP contribution < -0.4 is 26.6 Å². The van der Waals surface area contributed by atoms with Crippen LogP contribution in [0, 0.1) is 6.92 Å². The molecule has 135 heavy (non-hydrogen) atoms. The minimum atomic E-state index is -0.167. The van der Waals surface area contributed by atoms with Gasteiger partial charge in [-0.15, -0.1) is 0 Å². The van der Waals surface area contributed by atoms with E-state index in [2.05, 4.69) is 69.1 Å². The van der Waals surface area contributed by atoms with Crippen LogP contribution in [0.25, 0.3) is 0 Å². The number of benzene rings is 10. The topological polar surface area (TPSA) is 257 Å². The van der Waals surface area contributed by atoms with Crippen LogP contribution in [-0.4, -0.2) is 221 Å². The molecule has 20 rings (SSSR count). The standard InChI is InChI=1S/C23H24ClN3O2.C22H22ClN3O2.C21H20ClN3O2.C21H19ClN2O2.C21H20N2O2/c1-15(2)26-10-12-27(13-11-26)21-20(25-17-7-5-6-16(24)14-17)22(28)18-8-3-4-9-19(18)23(21)29;1-2-25-10-12-26(13-11-25)20-19(24-16-7-5-6-15(23)14-16)21(27)17-8-3-4-9-18(17)22(20)28;1-24-9-11-25(12-10-24)19-18(23-15-6-4-5-14(22)13-15)20(26)16-7-2-3-8-17(16)21(19)27;22-14-7-6-8-15(13-14)23-18-19(24-11-4-1-5-12-24)21(26)17-10-3-2-9-16(17)20(18)25;1-14-7-6-8-15(13-14)22-18-19(23-11-4-5-12-23)21(25)17-10-3-2-9-16(17)20(18)24/h3-9,14-15,25H,10-13H2,1-2H3;3-9,14,24H,2,10-13H2,1H3;2-8,13,23H,9-12H2,1H3;2-3,6-10,13,23H,1,4-5,11-12H2;2-3,6-10,13,22H,4-5,11-12H2,1H3. The first-order chi connectivity index (χ1) is 65.4. The summed E-state index contributed by atoms with van der Waals surface area (Å²) in [5, 5.41) is 18.2. The molecule has 5 N–H and O–H groups in total. The molecular weight excluding hydrogens is 1780 g/mol. The third-order valence-electron chi connectivity index (χ3n) is 25.6. The summed E-state index contributed by atoms with van der Waals surface area (Å²) in [7, 11) is 2.06. The van der Waals surface area contributed by atoms with Crippen LogP contribution in [0.15, 0.2) is 300 Å². The minimum absolute atomic E-state index is 0.0627. The maximum absolute atomic E-state index is 13.4. The van der Waals surface area contributed by atoms with Crippen molar-refractivity contribution < 1.29 is 47.9 Å². The molecule has 0 spiro atoms. The average molecular weight is 1890 g/mol. The van der Waals surface area contributed by atoms with E-state index >= 15 is 0 Å². The summed E-state index contributed by atoms with van der Waals surface area (Å²) < 4.78 is 0. The number of halogens is 4. The number of hydrogen-bond acceptors (Lipinski definition) is 23. The fourth-order valence-corrected chi connectivity index (χ4v) is 19.2. The van der Waals surface area contributed by atoms with Gasteiger partial charge in [-0.25, -0.2) is 0 Å². The van der Waals surface area contributed by atoms with Crippen LogP contribution >= 0.6 is 46.4 Å². The molecule has 5 aliphatic carbocycles. The number of allylic oxidation sites excluding steroid dienone is 10. The Morgan fingerprint density at radius 3 is 0.726 bits per heavy atom. The molecule has 0 saturated carbocycles. The zero-order valence-corrected chi connectivity index (χ0v) is 78.9. The molecule has 0 bridgehead atoms. The molecule has 5 fully saturated rings. The Labute approximate surface area is 806 Å². The van der Waals surface area contributed by atoms with Crippen LogP contribution in [0.5, 0.6) is 0 Å². The number of likely N-dealkylation sites (N-methyl/N-ethyl adjacent to an activating group) is 2. The molecule has 690 valence electrons. The van der Waals surface area contributed by atoms with Crippen LogP contribution in [-0.2, 0) is 0 Å². The maximum Gasteiger partial charge on any atom is 0.212 e. The number of carbonyl (C=O) groups excluding carboxylic acids is 10. The summed E-state index contributed by atoms with van der Waals surface area (Å²) in [6, 6.07) is 72.1. The second-order valence-electron chi connectivity index (χ2n) is 34.7. The third-order valence-corrected chi connectivity index (χ3v) is 26.5. The van der Waals surface area contributed by atoms with Gasteiger partial charge in [-0.1, -0.05) is 211 Å². The molecular formula is C108H105Cl4N13O10. The zero-order valence-electron chi connectivity index (χ0n) is 75.9. The smallest absolute Gasteiger partial charge is 0.212 e. The number of rotatable bonds is 17. The van der Waals surface area contributed by atoms with Gasteiger partial charge in [0, 0.05) is 215 Å². The number of piperazine rings is 3. The Morgan fingerprint density at radius 1 is 0.259 bits per heavy atom. The predicted octanol–water partition coefficient (Wildman–Crippen LogP) is 19.4. The summed E-state index contributed by atoms with van der Waals surface area (Å²) in [6.45, 7) is 22.0. The molecule has 0 unspecified atom stereocenters. The molecule has 10 aliphatic rings. The van der Waals surface area contributed by atoms with Crippen LogP contribution in [0.4, 0.5) is 28.4 Å². The largest absolute Gasteiger partial charge is 0.367 e. The van der Waals surface area contributed by atoms with Crippen molar-refractivity contribution >= 4 is 133 Å². The molecule has 5 aliphatic heterocycles. The molecule has 27 heteroatoms. The van der Waals surface area contributed by atoms with E-state index in [1.165, 1.54) is 0 Å². The molecule has 0 radical (unpaired) electrons. The van der Waals surface area contributed by atoms with Gasteiger partial charge in [-0.05, 0) is 157 Å². The fraction of sp³-hybridized carbons (Fsp3) is 0.259. The van der Waals surface area contributed by atoms with Gasteiger partial charge >= 0.3 is 0 Å². The minimum Gasteiger partial charge on any atom is -0.367 e. The normalized spacial score (nSPS) is 17.6. The SMILES string of the molecule is CC(C)N1CCN(C2=C(Nc3cccc(Cl)c3)C(=O)c3ccccc3C2=O)CC1.CCN1CCN(C2=C(Nc3cccc(Cl)c3)C(=O)c3ccccc3C2=O)CC1.CN1CCN(C2=C(Nc3cccc(Cl)c3)C(=O)c3ccccc3C2=O)CC1.Cc1cccc(NC2=C(N3CCCC3)C(=O)c3ccccc3C2=O)c1.O=C1C(Nc2cccc(Cl)c2)=C(N2CCCCC2)C(=O)c2ccccc21. The molecule has 0 atom stereocenters. The van der Waals surface area contributed by atoms with Crippen molar-refractivity contribution in [3.8, 4) is 0 Å². The Hall–Kier alpha value is -13.4. The van der Waals surface area contributed by atoms with E-state index < -0.39 is 0 Å². The summed E-state index contributed by atoms with van der Waals surface area (Å²) in [6.07, 6.45) is 5.29. The van der Waals surface area contributed by atoms with Crippen LogP contribution in [0.1, 0.15) is 162 Å². The van der Waals surface area contributed by atoms with Crippen molar-refractivity contribution in [2.24, 2.45) is 0 Å². The number of ketones is 10. The lowest BCUT2D eigenvalue weighted by Gasteiger charge is -2.40. The van der Waals surface area contributed by atoms with E-state index in [-0.39, 0.29) is 57.8 Å². The summed E-state index contributed by atoms with van der Waals surface area (Å²) in [5.74, 6) is -1.24. The number of carbonyl (C=O) groups is 10. The van der Waals surface area contributed by atoms with Gasteiger partial charge in [0.1, 0.15) is 57.0 Å². The Kier molecular flexibility index (Phi) is 30.1. The molecule has 10 aromatic rings. The quantitative estimate of drug-likeness (QED) is 0.0568. The van der Waals surface area contributed by atoms with Crippen molar-refractivity contribution in [2.45, 2.75) is 65.8 Å². The van der Waals surface area contributed by atoms with Crippen molar-refractivity contribution in [1.82, 2.24) is 39.2 Å². The third kappa shape index (κ3) is 21.3. The number of aryl methyl sites for hydroxylation is 1. The fourth-order valence-electron chi connectivity index (χ4n) is 18.4. The molecule has 10 aromatic carbocycles. The Morgan fingerprint density at radius 2 is 0.481 bits per heavy atom. The number of nitrogens with zero attached hydrogens (tertiary/aromatic N) is 8. The Bertz CT molecular complexity index is 6500. The van der Waals surface area contributed by atoms with E-state index in [4.69, 9.17) is 46.4 Å². The second kappa shape index (κ2) is 42.9. The summed E-state index contributed by atoms with van der Waals surface area (Å²) >= 11 is 24.4. The monoisotopic (exact) mass is 1880 g/mol. The average Bonchev–Trinajstić information content (AvgIpc) is 1.05. The van der Waals surface area contributed by atoms with E-state index in [0.717, 1.165) is 115 Å². The number of Topliss-reactive ketones (excluding diaryl/α,β-unsaturated/α-hetero) is 10. The van der Waals surface area contributed by atoms with E-state index in [1.807, 2.05) is 110 Å². The Balaban J connectivity index is 0.000000123. The number of likely N-dealkylation sites (tertiary alicyclic amines) is 2. The van der Waals surface area contributed by atoms with Gasteiger partial charge in [-0.2, -0.15) is 0 Å². The molecule has 5 heterocycles. The summed E-state index contributed by atoms with van der Waals surface area (Å²) in [4.78, 5) is 150. The zero-order chi connectivity index (χ0) is 94.7. The van der Waals surface area contributed by atoms with E-state index in [1.54, 1.807) is 164 Å². The number of piperidine rings is 1. The second-order valence-corrected chi connectivity index (χ2v) is 36.5. The predicted molar refractivity (Wildman–Crippen MR) is 533 cm³/mol. The highest BCUT2D eigenvalue weighted by Gasteiger charge is 2.43. The van der Waals surface area contributed by atoms with E-state index in [9.17, 15) is 47.9 Å². The molecule has 5 saturated heterocycles. The van der Waals surface area contributed by atoms with Crippen molar-refractivity contribution in [1.29, 1.82) is 0 Å². The van der Waals surface area contributed by atoms with Crippen LogP contribution in [0.3, 0.4) is 0 Å². The van der Waals surface area contributed by atoms with Gasteiger partial charge in [0.15, 0.2) is 0 Å². The van der Waals surface area contributed by atoms with Crippen LogP contribution in [0.2, 0.25) is 20.1 Å². The number of nitrogens with one attached hydrogen (secondary N) is 5.